The van der Waals surface area contributed by atoms with Crippen molar-refractivity contribution in [2.45, 2.75) is 89.9 Å². The highest BCUT2D eigenvalue weighted by Crippen LogP contribution is 2.72. The summed E-state index contributed by atoms with van der Waals surface area (Å²) in [5, 5.41) is 12.4. The number of cyclic esters (lactones) is 2. The average molecular weight is 467 g/mol. The maximum Gasteiger partial charge on any atom is 0.334 e. The van der Waals surface area contributed by atoms with Crippen molar-refractivity contribution in [1.82, 2.24) is 0 Å². The van der Waals surface area contributed by atoms with Gasteiger partial charge >= 0.3 is 11.9 Å². The fourth-order valence-corrected chi connectivity index (χ4v) is 8.86. The van der Waals surface area contributed by atoms with Crippen LogP contribution in [0.3, 0.4) is 0 Å². The molecule has 0 aromatic carbocycles. The number of aliphatic hydroxyl groups is 1. The van der Waals surface area contributed by atoms with Crippen LogP contribution in [0, 0.1) is 28.6 Å². The van der Waals surface area contributed by atoms with Gasteiger partial charge in [0.25, 0.3) is 0 Å². The first kappa shape index (κ1) is 22.3. The number of ketones is 1. The van der Waals surface area contributed by atoms with Crippen LogP contribution in [0.2, 0.25) is 0 Å². The van der Waals surface area contributed by atoms with E-state index in [1.165, 1.54) is 0 Å². The van der Waals surface area contributed by atoms with E-state index >= 15 is 0 Å². The Labute approximate surface area is 200 Å². The second kappa shape index (κ2) is 6.71. The van der Waals surface area contributed by atoms with Gasteiger partial charge in [-0.3, -0.25) is 9.59 Å². The lowest BCUT2D eigenvalue weighted by atomic mass is 9.45. The Bertz CT molecular complexity index is 1110. The molecule has 1 saturated heterocycles. The van der Waals surface area contributed by atoms with Crippen LogP contribution in [-0.2, 0) is 23.9 Å². The standard InChI is InChI=1S/C28H34O6/c1-15-14-22(33-23(30)16(15)2)26(4)20-11-13-28(32)19-9-8-17-6-5-7-21(29)25(17,3)18(19)10-12-27(20,28)24(31)34-26/h5,7-8,18-20,22,32H,6,9-14H2,1-4H3/t18-,19+,20+,22+,25-,26+,27+,28+/m0/s1. The molecule has 0 bridgehead atoms. The van der Waals surface area contributed by atoms with Crippen LogP contribution in [0.5, 0.6) is 0 Å². The van der Waals surface area contributed by atoms with Gasteiger partial charge in [0.15, 0.2) is 11.4 Å². The minimum absolute atomic E-state index is 0.000633. The Morgan fingerprint density at radius 3 is 2.56 bits per heavy atom. The molecule has 2 saturated carbocycles. The fraction of sp³-hybridized carbons (Fsp3) is 0.679. The maximum atomic E-state index is 13.8. The third kappa shape index (κ3) is 2.34. The highest BCUT2D eigenvalue weighted by molar-refractivity contribution is 5.99. The summed E-state index contributed by atoms with van der Waals surface area (Å²) in [6.45, 7) is 7.62. The average Bonchev–Trinajstić information content (AvgIpc) is 3.23. The first-order valence-electron chi connectivity index (χ1n) is 12.7. The number of hydrogen-bond donors (Lipinski definition) is 1. The number of ether oxygens (including phenoxy) is 2. The van der Waals surface area contributed by atoms with Gasteiger partial charge in [-0.05, 0) is 84.1 Å². The van der Waals surface area contributed by atoms with E-state index < -0.39 is 28.1 Å². The lowest BCUT2D eigenvalue weighted by Gasteiger charge is -2.58. The van der Waals surface area contributed by atoms with Gasteiger partial charge in [0, 0.05) is 17.9 Å². The summed E-state index contributed by atoms with van der Waals surface area (Å²) in [6.07, 6.45) is 9.53. The monoisotopic (exact) mass is 466 g/mol. The van der Waals surface area contributed by atoms with Gasteiger partial charge in [-0.15, -0.1) is 0 Å². The van der Waals surface area contributed by atoms with Crippen molar-refractivity contribution in [2.24, 2.45) is 28.6 Å². The number of esters is 2. The minimum atomic E-state index is -1.23. The van der Waals surface area contributed by atoms with Crippen LogP contribution in [-0.4, -0.2) is 40.1 Å². The number of hydrogen-bond acceptors (Lipinski definition) is 6. The van der Waals surface area contributed by atoms with E-state index in [2.05, 4.69) is 6.08 Å². The maximum absolute atomic E-state index is 13.8. The normalized spacial score (nSPS) is 49.6. The Morgan fingerprint density at radius 2 is 1.82 bits per heavy atom. The molecule has 6 rings (SSSR count). The Hall–Kier alpha value is -2.21. The smallest absolute Gasteiger partial charge is 0.334 e. The summed E-state index contributed by atoms with van der Waals surface area (Å²) >= 11 is 0. The van der Waals surface area contributed by atoms with E-state index in [-0.39, 0.29) is 35.5 Å². The molecular weight excluding hydrogens is 432 g/mol. The predicted molar refractivity (Wildman–Crippen MR) is 123 cm³/mol. The van der Waals surface area contributed by atoms with E-state index in [4.69, 9.17) is 9.47 Å². The summed E-state index contributed by atoms with van der Waals surface area (Å²) in [4.78, 5) is 39.4. The van der Waals surface area contributed by atoms with Crippen LogP contribution in [0.1, 0.15) is 72.6 Å². The number of carbonyl (C=O) groups is 3. The zero-order valence-corrected chi connectivity index (χ0v) is 20.5. The van der Waals surface area contributed by atoms with Gasteiger partial charge in [0.1, 0.15) is 11.5 Å². The van der Waals surface area contributed by atoms with Crippen molar-refractivity contribution in [1.29, 1.82) is 0 Å². The molecule has 1 spiro atoms. The van der Waals surface area contributed by atoms with Gasteiger partial charge in [-0.25, -0.2) is 4.79 Å². The van der Waals surface area contributed by atoms with Crippen molar-refractivity contribution in [3.63, 3.8) is 0 Å². The molecule has 6 heteroatoms. The molecule has 0 unspecified atom stereocenters. The lowest BCUT2D eigenvalue weighted by molar-refractivity contribution is -0.193. The van der Waals surface area contributed by atoms with Gasteiger partial charge < -0.3 is 14.6 Å². The minimum Gasteiger partial charge on any atom is -0.455 e. The predicted octanol–water partition coefficient (Wildman–Crippen LogP) is 3.97. The Balaban J connectivity index is 1.40. The molecule has 6 nitrogen and oxygen atoms in total. The zero-order valence-electron chi connectivity index (χ0n) is 20.5. The van der Waals surface area contributed by atoms with E-state index in [0.717, 1.165) is 17.6 Å². The number of carbonyl (C=O) groups excluding carboxylic acids is 3. The molecule has 3 fully saturated rings. The van der Waals surface area contributed by atoms with Gasteiger partial charge in [0.05, 0.1) is 11.0 Å². The second-order valence-electron chi connectivity index (χ2n) is 12.0. The fourth-order valence-electron chi connectivity index (χ4n) is 8.86. The highest BCUT2D eigenvalue weighted by Gasteiger charge is 2.79. The molecule has 6 aliphatic rings. The molecule has 8 atom stereocenters. The third-order valence-electron chi connectivity index (χ3n) is 11.0. The summed E-state index contributed by atoms with van der Waals surface area (Å²) < 4.78 is 12.0. The highest BCUT2D eigenvalue weighted by atomic mass is 16.6. The SMILES string of the molecule is CC1=C(C)C(=O)O[C@@H]([C@]2(C)OC(=O)[C@]34CC[C@H]5[C@@H](CC=C6CC=CC(=O)[C@@]65C)[C@]3(O)CC[C@H]24)C1. The molecule has 2 heterocycles. The van der Waals surface area contributed by atoms with E-state index in [9.17, 15) is 19.5 Å². The van der Waals surface area contributed by atoms with Crippen LogP contribution in [0.4, 0.5) is 0 Å². The van der Waals surface area contributed by atoms with Crippen molar-refractivity contribution in [2.75, 3.05) is 0 Å². The molecule has 0 aromatic rings. The van der Waals surface area contributed by atoms with Crippen LogP contribution in [0.25, 0.3) is 0 Å². The van der Waals surface area contributed by atoms with Gasteiger partial charge in [-0.2, -0.15) is 0 Å². The van der Waals surface area contributed by atoms with Crippen molar-refractivity contribution in [3.05, 3.63) is 34.9 Å². The summed E-state index contributed by atoms with van der Waals surface area (Å²) in [5.41, 5.74) is -1.12. The lowest BCUT2D eigenvalue weighted by Crippen LogP contribution is -2.64. The topological polar surface area (TPSA) is 89.9 Å². The molecule has 34 heavy (non-hydrogen) atoms. The van der Waals surface area contributed by atoms with Crippen LogP contribution in [0.15, 0.2) is 34.9 Å². The molecule has 1 N–H and O–H groups in total. The first-order chi connectivity index (χ1) is 16.0. The van der Waals surface area contributed by atoms with Crippen LogP contribution < -0.4 is 0 Å². The number of rotatable bonds is 1. The van der Waals surface area contributed by atoms with Gasteiger partial charge in [-0.1, -0.05) is 23.3 Å². The largest absolute Gasteiger partial charge is 0.455 e. The Kier molecular flexibility index (Phi) is 4.40. The van der Waals surface area contributed by atoms with Crippen LogP contribution >= 0.6 is 0 Å². The van der Waals surface area contributed by atoms with Crippen molar-refractivity contribution >= 4 is 17.7 Å². The number of allylic oxidation sites excluding steroid dienone is 4. The molecule has 0 radical (unpaired) electrons. The van der Waals surface area contributed by atoms with Gasteiger partial charge in [0.2, 0.25) is 0 Å². The van der Waals surface area contributed by atoms with E-state index in [1.54, 1.807) is 13.0 Å². The van der Waals surface area contributed by atoms with E-state index in [1.807, 2.05) is 26.8 Å². The molecule has 0 amide bonds. The third-order valence-corrected chi connectivity index (χ3v) is 11.0. The number of fused-ring (bicyclic) bond motifs is 4. The quantitative estimate of drug-likeness (QED) is 0.465. The van der Waals surface area contributed by atoms with Crippen molar-refractivity contribution in [3.8, 4) is 0 Å². The zero-order chi connectivity index (χ0) is 24.3. The Morgan fingerprint density at radius 1 is 1.06 bits per heavy atom. The second-order valence-corrected chi connectivity index (χ2v) is 12.0. The first-order valence-corrected chi connectivity index (χ1v) is 12.7. The summed E-state index contributed by atoms with van der Waals surface area (Å²) in [7, 11) is 0. The summed E-state index contributed by atoms with van der Waals surface area (Å²) in [5.74, 6) is -1.01. The molecule has 0 aromatic heterocycles. The molecule has 4 aliphatic carbocycles. The van der Waals surface area contributed by atoms with Crippen molar-refractivity contribution < 1.29 is 29.0 Å². The van der Waals surface area contributed by atoms with E-state index in [0.29, 0.717) is 44.1 Å². The molecule has 182 valence electrons. The molecule has 2 aliphatic heterocycles. The molecular formula is C28H34O6. The summed E-state index contributed by atoms with van der Waals surface area (Å²) in [6, 6.07) is 0.